The van der Waals surface area contributed by atoms with Crippen molar-refractivity contribution in [2.75, 3.05) is 26.7 Å². The van der Waals surface area contributed by atoms with Crippen LogP contribution in [0.25, 0.3) is 0 Å². The molecule has 0 aromatic rings. The Morgan fingerprint density at radius 1 is 1.17 bits per heavy atom. The van der Waals surface area contributed by atoms with Crippen molar-refractivity contribution in [3.63, 3.8) is 0 Å². The zero-order chi connectivity index (χ0) is 17.9. The highest BCUT2D eigenvalue weighted by Crippen LogP contribution is 2.27. The van der Waals surface area contributed by atoms with Gasteiger partial charge in [0.2, 0.25) is 0 Å². The minimum Gasteiger partial charge on any atom is -0.444 e. The molecule has 2 aliphatic rings. The fourth-order valence-corrected chi connectivity index (χ4v) is 3.33. The fraction of sp³-hybridized carbons (Fsp3) is 0.889. The number of rotatable bonds is 2. The summed E-state index contributed by atoms with van der Waals surface area (Å²) in [6, 6.07) is 0.286. The van der Waals surface area contributed by atoms with Crippen LogP contribution in [0.3, 0.4) is 0 Å². The second kappa shape index (κ2) is 7.72. The van der Waals surface area contributed by atoms with Crippen LogP contribution in [-0.2, 0) is 14.3 Å². The average Bonchev–Trinajstić information content (AvgIpc) is 2.53. The molecule has 0 aromatic carbocycles. The summed E-state index contributed by atoms with van der Waals surface area (Å²) in [6.07, 6.45) is 3.46. The number of nitrogens with zero attached hydrogens (tertiary/aromatic N) is 2. The predicted molar refractivity (Wildman–Crippen MR) is 91.7 cm³/mol. The third kappa shape index (κ3) is 5.10. The van der Waals surface area contributed by atoms with Gasteiger partial charge in [-0.05, 0) is 52.4 Å². The van der Waals surface area contributed by atoms with E-state index in [0.29, 0.717) is 13.2 Å². The third-order valence-electron chi connectivity index (χ3n) is 4.87. The van der Waals surface area contributed by atoms with E-state index < -0.39 is 11.7 Å². The molecule has 1 heterocycles. The van der Waals surface area contributed by atoms with E-state index in [0.717, 1.165) is 31.6 Å². The van der Waals surface area contributed by atoms with Crippen molar-refractivity contribution in [1.29, 1.82) is 0 Å². The molecule has 1 aliphatic carbocycles. The van der Waals surface area contributed by atoms with Gasteiger partial charge in [-0.1, -0.05) is 6.92 Å². The molecule has 1 saturated carbocycles. The standard InChI is InChI=1S/C18H32N2O4/c1-13-6-8-14(9-7-13)19(5)16(21)15-12-20(10-11-23-15)17(22)24-18(2,3)4/h13-15H,6-12H2,1-5H3. The fourth-order valence-electron chi connectivity index (χ4n) is 3.33. The molecule has 24 heavy (non-hydrogen) atoms. The molecule has 6 nitrogen and oxygen atoms in total. The molecule has 1 unspecified atom stereocenters. The molecule has 0 aromatic heterocycles. The lowest BCUT2D eigenvalue weighted by Crippen LogP contribution is -2.54. The number of amides is 2. The van der Waals surface area contributed by atoms with E-state index in [1.807, 2.05) is 32.7 Å². The Labute approximate surface area is 145 Å². The second-order valence-corrected chi connectivity index (χ2v) is 8.15. The van der Waals surface area contributed by atoms with Crippen LogP contribution in [0.2, 0.25) is 0 Å². The Balaban J connectivity index is 1.91. The first-order valence-corrected chi connectivity index (χ1v) is 9.03. The van der Waals surface area contributed by atoms with E-state index in [9.17, 15) is 9.59 Å². The Kier molecular flexibility index (Phi) is 6.12. The minimum absolute atomic E-state index is 0.0252. The maximum absolute atomic E-state index is 12.8. The quantitative estimate of drug-likeness (QED) is 0.775. The van der Waals surface area contributed by atoms with Crippen LogP contribution in [-0.4, -0.2) is 66.3 Å². The van der Waals surface area contributed by atoms with Gasteiger partial charge in [-0.15, -0.1) is 0 Å². The maximum Gasteiger partial charge on any atom is 0.410 e. The van der Waals surface area contributed by atoms with Crippen molar-refractivity contribution in [2.24, 2.45) is 5.92 Å². The topological polar surface area (TPSA) is 59.1 Å². The van der Waals surface area contributed by atoms with E-state index in [2.05, 4.69) is 6.92 Å². The molecule has 0 radical (unpaired) electrons. The molecule has 1 saturated heterocycles. The number of hydrogen-bond donors (Lipinski definition) is 0. The van der Waals surface area contributed by atoms with Crippen molar-refractivity contribution < 1.29 is 19.1 Å². The van der Waals surface area contributed by atoms with Crippen molar-refractivity contribution in [3.8, 4) is 0 Å². The van der Waals surface area contributed by atoms with Crippen LogP contribution in [0.4, 0.5) is 4.79 Å². The molecule has 2 fully saturated rings. The molecule has 0 spiro atoms. The lowest BCUT2D eigenvalue weighted by atomic mass is 9.86. The largest absolute Gasteiger partial charge is 0.444 e. The summed E-state index contributed by atoms with van der Waals surface area (Å²) in [5.74, 6) is 0.723. The van der Waals surface area contributed by atoms with Crippen LogP contribution >= 0.6 is 0 Å². The highest BCUT2D eigenvalue weighted by atomic mass is 16.6. The Morgan fingerprint density at radius 2 is 1.79 bits per heavy atom. The lowest BCUT2D eigenvalue weighted by molar-refractivity contribution is -0.150. The summed E-state index contributed by atoms with van der Waals surface area (Å²) >= 11 is 0. The first kappa shape index (κ1) is 19.0. The first-order chi connectivity index (χ1) is 11.2. The van der Waals surface area contributed by atoms with Gasteiger partial charge >= 0.3 is 6.09 Å². The summed E-state index contributed by atoms with van der Waals surface area (Å²) in [4.78, 5) is 28.4. The Morgan fingerprint density at radius 3 is 2.38 bits per heavy atom. The third-order valence-corrected chi connectivity index (χ3v) is 4.87. The molecule has 2 rings (SSSR count). The highest BCUT2D eigenvalue weighted by molar-refractivity contribution is 5.82. The number of likely N-dealkylation sites (N-methyl/N-ethyl adjacent to an activating group) is 1. The van der Waals surface area contributed by atoms with Crippen LogP contribution in [0, 0.1) is 5.92 Å². The summed E-state index contributed by atoms with van der Waals surface area (Å²) in [6.45, 7) is 8.88. The zero-order valence-electron chi connectivity index (χ0n) is 15.7. The number of hydrogen-bond acceptors (Lipinski definition) is 4. The van der Waals surface area contributed by atoms with Gasteiger partial charge in [0.1, 0.15) is 5.60 Å². The van der Waals surface area contributed by atoms with Gasteiger partial charge in [-0.2, -0.15) is 0 Å². The van der Waals surface area contributed by atoms with E-state index in [1.165, 1.54) is 0 Å². The molecule has 1 atom stereocenters. The number of carbonyl (C=O) groups is 2. The van der Waals surface area contributed by atoms with E-state index >= 15 is 0 Å². The van der Waals surface area contributed by atoms with Gasteiger partial charge in [-0.3, -0.25) is 4.79 Å². The molecular formula is C18H32N2O4. The Hall–Kier alpha value is -1.30. The summed E-state index contributed by atoms with van der Waals surface area (Å²) < 4.78 is 11.0. The van der Waals surface area contributed by atoms with Gasteiger partial charge in [0.15, 0.2) is 6.10 Å². The monoisotopic (exact) mass is 340 g/mol. The van der Waals surface area contributed by atoms with E-state index in [4.69, 9.17) is 9.47 Å². The first-order valence-electron chi connectivity index (χ1n) is 9.03. The molecule has 1 aliphatic heterocycles. The Bertz CT molecular complexity index is 452. The normalized spacial score (nSPS) is 28.4. The van der Waals surface area contributed by atoms with Crippen LogP contribution in [0.1, 0.15) is 53.4 Å². The van der Waals surface area contributed by atoms with Crippen molar-refractivity contribution >= 4 is 12.0 Å². The molecule has 138 valence electrons. The molecule has 0 bridgehead atoms. The lowest BCUT2D eigenvalue weighted by Gasteiger charge is -2.38. The van der Waals surface area contributed by atoms with Crippen molar-refractivity contribution in [2.45, 2.75) is 71.1 Å². The van der Waals surface area contributed by atoms with Crippen LogP contribution < -0.4 is 0 Å². The van der Waals surface area contributed by atoms with E-state index in [-0.39, 0.29) is 24.6 Å². The van der Waals surface area contributed by atoms with Gasteiger partial charge in [0, 0.05) is 19.6 Å². The minimum atomic E-state index is -0.587. The van der Waals surface area contributed by atoms with E-state index in [1.54, 1.807) is 4.90 Å². The van der Waals surface area contributed by atoms with Crippen LogP contribution in [0.15, 0.2) is 0 Å². The number of morpholine rings is 1. The SMILES string of the molecule is CC1CCC(N(C)C(=O)C2CN(C(=O)OC(C)(C)C)CCO2)CC1. The predicted octanol–water partition coefficient (Wildman–Crippen LogP) is 2.66. The number of carbonyl (C=O) groups excluding carboxylic acids is 2. The average molecular weight is 340 g/mol. The number of ether oxygens (including phenoxy) is 2. The van der Waals surface area contributed by atoms with Gasteiger partial charge in [0.05, 0.1) is 13.2 Å². The summed E-state index contributed by atoms with van der Waals surface area (Å²) in [7, 11) is 1.86. The van der Waals surface area contributed by atoms with Gasteiger partial charge in [0.25, 0.3) is 5.91 Å². The highest BCUT2D eigenvalue weighted by Gasteiger charge is 2.35. The second-order valence-electron chi connectivity index (χ2n) is 8.15. The maximum atomic E-state index is 12.8. The van der Waals surface area contributed by atoms with Crippen LogP contribution in [0.5, 0.6) is 0 Å². The molecule has 6 heteroatoms. The zero-order valence-corrected chi connectivity index (χ0v) is 15.7. The van der Waals surface area contributed by atoms with Gasteiger partial charge < -0.3 is 19.3 Å². The smallest absolute Gasteiger partial charge is 0.410 e. The van der Waals surface area contributed by atoms with Gasteiger partial charge in [-0.25, -0.2) is 4.79 Å². The molecule has 0 N–H and O–H groups in total. The summed E-state index contributed by atoms with van der Waals surface area (Å²) in [5.41, 5.74) is -0.537. The summed E-state index contributed by atoms with van der Waals surface area (Å²) in [5, 5.41) is 0. The molecule has 2 amide bonds. The van der Waals surface area contributed by atoms with Crippen molar-refractivity contribution in [3.05, 3.63) is 0 Å². The molecular weight excluding hydrogens is 308 g/mol. The van der Waals surface area contributed by atoms with Crippen molar-refractivity contribution in [1.82, 2.24) is 9.80 Å².